The minimum Gasteiger partial charge on any atom is -0.504 e. The molecule has 1 heterocycles. The number of phenols is 2. The molecule has 5 nitrogen and oxygen atoms in total. The number of hydrogen-bond acceptors (Lipinski definition) is 4. The quantitative estimate of drug-likeness (QED) is 0.854. The summed E-state index contributed by atoms with van der Waals surface area (Å²) in [6.45, 7) is 0.895. The number of rotatable bonds is 3. The highest BCUT2D eigenvalue weighted by Crippen LogP contribution is 2.37. The second-order valence-corrected chi connectivity index (χ2v) is 5.65. The minimum absolute atomic E-state index is 0.210. The van der Waals surface area contributed by atoms with Gasteiger partial charge in [-0.2, -0.15) is 0 Å². The molecule has 0 radical (unpaired) electrons. The van der Waals surface area contributed by atoms with Crippen molar-refractivity contribution in [2.45, 2.75) is 13.1 Å². The average molecular weight is 298 g/mol. The first kappa shape index (κ1) is 14.3. The van der Waals surface area contributed by atoms with Crippen molar-refractivity contribution in [3.63, 3.8) is 0 Å². The molecule has 2 aromatic carbocycles. The lowest BCUT2D eigenvalue weighted by Crippen LogP contribution is -2.24. The number of amides is 1. The zero-order chi connectivity index (χ0) is 15.9. The van der Waals surface area contributed by atoms with Gasteiger partial charge in [-0.25, -0.2) is 0 Å². The van der Waals surface area contributed by atoms with Crippen LogP contribution in [-0.4, -0.2) is 35.1 Å². The molecule has 114 valence electrons. The molecular formula is C17H18N2O3. The van der Waals surface area contributed by atoms with Crippen molar-refractivity contribution in [3.8, 4) is 11.5 Å². The highest BCUT2D eigenvalue weighted by atomic mass is 16.3. The number of hydrogen-bond donors (Lipinski definition) is 2. The van der Waals surface area contributed by atoms with Crippen LogP contribution >= 0.6 is 0 Å². The molecule has 0 spiro atoms. The fourth-order valence-corrected chi connectivity index (χ4v) is 2.84. The Bertz CT molecular complexity index is 741. The lowest BCUT2D eigenvalue weighted by Gasteiger charge is -2.21. The summed E-state index contributed by atoms with van der Waals surface area (Å²) in [6, 6.07) is 11.0. The monoisotopic (exact) mass is 298 g/mol. The van der Waals surface area contributed by atoms with Crippen LogP contribution < -0.4 is 4.90 Å². The predicted molar refractivity (Wildman–Crippen MR) is 84.1 cm³/mol. The SMILES string of the molecule is CN(C)c1ccccc1CN1Cc2ccc(O)c(O)c2C1=O. The van der Waals surface area contributed by atoms with Crippen LogP contribution in [0.4, 0.5) is 5.69 Å². The molecule has 0 fully saturated rings. The molecule has 0 saturated carbocycles. The van der Waals surface area contributed by atoms with Gasteiger partial charge in [0.2, 0.25) is 0 Å². The van der Waals surface area contributed by atoms with Crippen molar-refractivity contribution >= 4 is 11.6 Å². The maximum absolute atomic E-state index is 12.5. The number of benzene rings is 2. The molecule has 2 N–H and O–H groups in total. The third-order valence-electron chi connectivity index (χ3n) is 3.94. The van der Waals surface area contributed by atoms with E-state index in [2.05, 4.69) is 0 Å². The summed E-state index contributed by atoms with van der Waals surface area (Å²) in [5.41, 5.74) is 3.04. The topological polar surface area (TPSA) is 64.0 Å². The highest BCUT2D eigenvalue weighted by Gasteiger charge is 2.31. The lowest BCUT2D eigenvalue weighted by atomic mass is 10.1. The first-order valence-corrected chi connectivity index (χ1v) is 7.07. The lowest BCUT2D eigenvalue weighted by molar-refractivity contribution is 0.0764. The van der Waals surface area contributed by atoms with Crippen LogP contribution in [0.15, 0.2) is 36.4 Å². The van der Waals surface area contributed by atoms with E-state index < -0.39 is 0 Å². The molecule has 0 aliphatic carbocycles. The van der Waals surface area contributed by atoms with Gasteiger partial charge in [0.15, 0.2) is 11.5 Å². The maximum atomic E-state index is 12.5. The Morgan fingerprint density at radius 1 is 1.14 bits per heavy atom. The summed E-state index contributed by atoms with van der Waals surface area (Å²) in [7, 11) is 3.92. The van der Waals surface area contributed by atoms with Crippen molar-refractivity contribution < 1.29 is 15.0 Å². The molecule has 3 rings (SSSR count). The van der Waals surface area contributed by atoms with E-state index in [9.17, 15) is 15.0 Å². The fourth-order valence-electron chi connectivity index (χ4n) is 2.84. The summed E-state index contributed by atoms with van der Waals surface area (Å²) in [6.07, 6.45) is 0. The third kappa shape index (κ3) is 2.24. The molecule has 0 saturated heterocycles. The Labute approximate surface area is 129 Å². The van der Waals surface area contributed by atoms with Crippen molar-refractivity contribution in [2.24, 2.45) is 0 Å². The second-order valence-electron chi connectivity index (χ2n) is 5.65. The Morgan fingerprint density at radius 2 is 1.86 bits per heavy atom. The van der Waals surface area contributed by atoms with Crippen LogP contribution in [0.2, 0.25) is 0 Å². The van der Waals surface area contributed by atoms with Gasteiger partial charge in [-0.05, 0) is 23.3 Å². The number of aromatic hydroxyl groups is 2. The van der Waals surface area contributed by atoms with Crippen LogP contribution in [0.5, 0.6) is 11.5 Å². The van der Waals surface area contributed by atoms with Crippen molar-refractivity contribution in [3.05, 3.63) is 53.1 Å². The fraction of sp³-hybridized carbons (Fsp3) is 0.235. The smallest absolute Gasteiger partial charge is 0.258 e. The van der Waals surface area contributed by atoms with Gasteiger partial charge >= 0.3 is 0 Å². The summed E-state index contributed by atoms with van der Waals surface area (Å²) < 4.78 is 0. The van der Waals surface area contributed by atoms with Gasteiger partial charge in [0, 0.05) is 32.9 Å². The number of carbonyl (C=O) groups is 1. The Kier molecular flexibility index (Phi) is 3.41. The maximum Gasteiger partial charge on any atom is 0.258 e. The van der Waals surface area contributed by atoms with Crippen molar-refractivity contribution in [1.82, 2.24) is 4.90 Å². The number of anilines is 1. The van der Waals surface area contributed by atoms with Gasteiger partial charge in [-0.15, -0.1) is 0 Å². The van der Waals surface area contributed by atoms with Gasteiger partial charge in [-0.1, -0.05) is 24.3 Å². The van der Waals surface area contributed by atoms with Gasteiger partial charge in [0.1, 0.15) is 0 Å². The third-order valence-corrected chi connectivity index (χ3v) is 3.94. The molecule has 1 aliphatic heterocycles. The molecule has 1 aliphatic rings. The van der Waals surface area contributed by atoms with E-state index in [0.717, 1.165) is 16.8 Å². The number of fused-ring (bicyclic) bond motifs is 1. The first-order valence-electron chi connectivity index (χ1n) is 7.07. The zero-order valence-electron chi connectivity index (χ0n) is 12.6. The largest absolute Gasteiger partial charge is 0.504 e. The minimum atomic E-state index is -0.328. The van der Waals surface area contributed by atoms with Crippen LogP contribution in [0, 0.1) is 0 Å². The Morgan fingerprint density at radius 3 is 2.59 bits per heavy atom. The van der Waals surface area contributed by atoms with E-state index in [1.54, 1.807) is 11.0 Å². The van der Waals surface area contributed by atoms with Crippen LogP contribution in [-0.2, 0) is 13.1 Å². The molecule has 5 heteroatoms. The number of phenolic OH excluding ortho intramolecular Hbond substituents is 2. The highest BCUT2D eigenvalue weighted by molar-refractivity contribution is 6.01. The number of carbonyl (C=O) groups excluding carboxylic acids is 1. The van der Waals surface area contributed by atoms with Crippen molar-refractivity contribution in [1.29, 1.82) is 0 Å². The number of para-hydroxylation sites is 1. The molecule has 1 amide bonds. The van der Waals surface area contributed by atoms with E-state index in [0.29, 0.717) is 13.1 Å². The molecule has 0 atom stereocenters. The van der Waals surface area contributed by atoms with E-state index in [1.165, 1.54) is 6.07 Å². The van der Waals surface area contributed by atoms with Gasteiger partial charge in [0.25, 0.3) is 5.91 Å². The second kappa shape index (κ2) is 5.26. The van der Waals surface area contributed by atoms with E-state index in [4.69, 9.17) is 0 Å². The van der Waals surface area contributed by atoms with E-state index >= 15 is 0 Å². The molecule has 0 unspecified atom stereocenters. The van der Waals surface area contributed by atoms with Crippen LogP contribution in [0.3, 0.4) is 0 Å². The summed E-state index contributed by atoms with van der Waals surface area (Å²) in [5, 5.41) is 19.5. The van der Waals surface area contributed by atoms with E-state index in [-0.39, 0.29) is 23.0 Å². The standard InChI is InChI=1S/C17H18N2O3/c1-18(2)13-6-4-3-5-11(13)9-19-10-12-7-8-14(20)16(21)15(12)17(19)22/h3-8,20-21H,9-10H2,1-2H3. The molecular weight excluding hydrogens is 280 g/mol. The molecule has 22 heavy (non-hydrogen) atoms. The van der Waals surface area contributed by atoms with Gasteiger partial charge in [-0.3, -0.25) is 4.79 Å². The molecule has 0 bridgehead atoms. The van der Waals surface area contributed by atoms with Gasteiger partial charge < -0.3 is 20.0 Å². The first-order chi connectivity index (χ1) is 10.5. The molecule has 0 aromatic heterocycles. The average Bonchev–Trinajstić information content (AvgIpc) is 2.80. The van der Waals surface area contributed by atoms with Crippen LogP contribution in [0.25, 0.3) is 0 Å². The summed E-state index contributed by atoms with van der Waals surface area (Å²) in [4.78, 5) is 16.2. The normalized spacial score (nSPS) is 13.4. The van der Waals surface area contributed by atoms with E-state index in [1.807, 2.05) is 43.3 Å². The zero-order valence-corrected chi connectivity index (χ0v) is 12.6. The summed E-state index contributed by atoms with van der Waals surface area (Å²) in [5.74, 6) is -0.842. The summed E-state index contributed by atoms with van der Waals surface area (Å²) >= 11 is 0. The van der Waals surface area contributed by atoms with Crippen molar-refractivity contribution in [2.75, 3.05) is 19.0 Å². The Balaban J connectivity index is 1.91. The van der Waals surface area contributed by atoms with Crippen LogP contribution in [0.1, 0.15) is 21.5 Å². The number of nitrogens with zero attached hydrogens (tertiary/aromatic N) is 2. The molecule has 2 aromatic rings. The Hall–Kier alpha value is -2.69. The predicted octanol–water partition coefficient (Wildman–Crippen LogP) is 2.32. The van der Waals surface area contributed by atoms with Gasteiger partial charge in [0.05, 0.1) is 5.56 Å².